The van der Waals surface area contributed by atoms with Crippen molar-refractivity contribution in [2.45, 2.75) is 52.0 Å². The third-order valence-electron chi connectivity index (χ3n) is 5.02. The quantitative estimate of drug-likeness (QED) is 0.696. The van der Waals surface area contributed by atoms with E-state index in [-0.39, 0.29) is 18.6 Å². The van der Waals surface area contributed by atoms with Gasteiger partial charge in [0.1, 0.15) is 5.75 Å². The van der Waals surface area contributed by atoms with Gasteiger partial charge in [-0.25, -0.2) is 0 Å². The van der Waals surface area contributed by atoms with E-state index in [2.05, 4.69) is 46.4 Å². The van der Waals surface area contributed by atoms with Gasteiger partial charge >= 0.3 is 0 Å². The van der Waals surface area contributed by atoms with E-state index in [0.717, 1.165) is 22.9 Å². The van der Waals surface area contributed by atoms with Gasteiger partial charge in [-0.2, -0.15) is 0 Å². The van der Waals surface area contributed by atoms with Crippen molar-refractivity contribution in [2.24, 2.45) is 0 Å². The number of amides is 1. The first kappa shape index (κ1) is 19.0. The fourth-order valence-electron chi connectivity index (χ4n) is 3.48. The van der Waals surface area contributed by atoms with Crippen LogP contribution in [0.25, 0.3) is 0 Å². The molecule has 2 aromatic rings. The van der Waals surface area contributed by atoms with Gasteiger partial charge in [0.15, 0.2) is 6.61 Å². The molecule has 3 nitrogen and oxygen atoms in total. The Hall–Kier alpha value is -1.81. The molecule has 0 heterocycles. The Balaban J connectivity index is 1.60. The highest BCUT2D eigenvalue weighted by Gasteiger charge is 2.16. The molecule has 0 saturated carbocycles. The van der Waals surface area contributed by atoms with Crippen molar-refractivity contribution in [1.29, 1.82) is 0 Å². The second kappa shape index (κ2) is 8.72. The number of rotatable bonds is 6. The molecule has 4 heteroatoms. The molecule has 0 spiro atoms. The maximum absolute atomic E-state index is 12.4. The summed E-state index contributed by atoms with van der Waals surface area (Å²) >= 11 is 3.47. The number of hydrogen-bond acceptors (Lipinski definition) is 2. The van der Waals surface area contributed by atoms with Crippen molar-refractivity contribution in [3.8, 4) is 5.75 Å². The van der Waals surface area contributed by atoms with Crippen LogP contribution in [0.15, 0.2) is 40.9 Å². The van der Waals surface area contributed by atoms with E-state index in [0.29, 0.717) is 5.75 Å². The van der Waals surface area contributed by atoms with Crippen molar-refractivity contribution in [1.82, 2.24) is 5.32 Å². The zero-order valence-electron chi connectivity index (χ0n) is 15.5. The fourth-order valence-corrected chi connectivity index (χ4v) is 3.73. The van der Waals surface area contributed by atoms with Crippen LogP contribution in [0.2, 0.25) is 0 Å². The van der Waals surface area contributed by atoms with Crippen molar-refractivity contribution in [3.05, 3.63) is 63.1 Å². The summed E-state index contributed by atoms with van der Waals surface area (Å²) < 4.78 is 6.68. The summed E-state index contributed by atoms with van der Waals surface area (Å²) in [5, 5.41) is 3.11. The van der Waals surface area contributed by atoms with Gasteiger partial charge in [0.25, 0.3) is 5.91 Å². The molecule has 0 saturated heterocycles. The topological polar surface area (TPSA) is 38.3 Å². The minimum atomic E-state index is -0.0878. The standard InChI is InChI=1S/C22H26BrNO2/c1-3-21(18-9-8-16-6-4-5-7-17(16)13-18)24-22(25)14-26-19-10-11-20(23)15(2)12-19/h8-13,21H,3-7,14H2,1-2H3,(H,24,25). The highest BCUT2D eigenvalue weighted by molar-refractivity contribution is 9.10. The molecule has 3 rings (SSSR count). The highest BCUT2D eigenvalue weighted by atomic mass is 79.9. The van der Waals surface area contributed by atoms with Gasteiger partial charge in [0, 0.05) is 4.47 Å². The molecule has 0 fully saturated rings. The summed E-state index contributed by atoms with van der Waals surface area (Å²) in [5.74, 6) is 0.623. The Bertz CT molecular complexity index is 788. The summed E-state index contributed by atoms with van der Waals surface area (Å²) in [5.41, 5.74) is 5.20. The first-order chi connectivity index (χ1) is 12.6. The number of halogens is 1. The number of ether oxygens (including phenoxy) is 1. The van der Waals surface area contributed by atoms with Gasteiger partial charge in [-0.15, -0.1) is 0 Å². The maximum atomic E-state index is 12.4. The lowest BCUT2D eigenvalue weighted by molar-refractivity contribution is -0.123. The summed E-state index contributed by atoms with van der Waals surface area (Å²) in [6.07, 6.45) is 5.74. The normalized spacial score (nSPS) is 14.4. The number of nitrogens with one attached hydrogen (secondary N) is 1. The van der Waals surface area contributed by atoms with Crippen molar-refractivity contribution < 1.29 is 9.53 Å². The Morgan fingerprint density at radius 1 is 1.15 bits per heavy atom. The van der Waals surface area contributed by atoms with Crippen molar-refractivity contribution >= 4 is 21.8 Å². The number of carbonyl (C=O) groups is 1. The lowest BCUT2D eigenvalue weighted by Gasteiger charge is -2.22. The maximum Gasteiger partial charge on any atom is 0.258 e. The van der Waals surface area contributed by atoms with Crippen LogP contribution < -0.4 is 10.1 Å². The molecule has 1 unspecified atom stereocenters. The Kier molecular flexibility index (Phi) is 6.36. The van der Waals surface area contributed by atoms with Crippen LogP contribution in [0.5, 0.6) is 5.75 Å². The van der Waals surface area contributed by atoms with E-state index in [1.807, 2.05) is 25.1 Å². The molecule has 0 aromatic heterocycles. The highest BCUT2D eigenvalue weighted by Crippen LogP contribution is 2.26. The molecule has 0 bridgehead atoms. The number of carbonyl (C=O) groups excluding carboxylic acids is 1. The first-order valence-electron chi connectivity index (χ1n) is 9.37. The molecular weight excluding hydrogens is 390 g/mol. The minimum absolute atomic E-state index is 0.0303. The lowest BCUT2D eigenvalue weighted by Crippen LogP contribution is -2.32. The Morgan fingerprint density at radius 3 is 2.65 bits per heavy atom. The average Bonchev–Trinajstić information content (AvgIpc) is 2.66. The van der Waals surface area contributed by atoms with Gasteiger partial charge in [-0.05, 0) is 79.5 Å². The number of hydrogen-bond donors (Lipinski definition) is 1. The number of aryl methyl sites for hydroxylation is 3. The third-order valence-corrected chi connectivity index (χ3v) is 5.91. The van der Waals surface area contributed by atoms with E-state index >= 15 is 0 Å². The van der Waals surface area contributed by atoms with Gasteiger partial charge < -0.3 is 10.1 Å². The Morgan fingerprint density at radius 2 is 1.92 bits per heavy atom. The van der Waals surface area contributed by atoms with Crippen molar-refractivity contribution in [2.75, 3.05) is 6.61 Å². The smallest absolute Gasteiger partial charge is 0.258 e. The van der Waals surface area contributed by atoms with E-state index in [1.165, 1.54) is 36.0 Å². The summed E-state index contributed by atoms with van der Waals surface area (Å²) in [6, 6.07) is 12.4. The molecule has 1 atom stereocenters. The lowest BCUT2D eigenvalue weighted by atomic mass is 9.89. The predicted octanol–water partition coefficient (Wildman–Crippen LogP) is 5.28. The van der Waals surface area contributed by atoms with Crippen LogP contribution in [0.3, 0.4) is 0 Å². The molecule has 1 N–H and O–H groups in total. The van der Waals surface area contributed by atoms with Crippen molar-refractivity contribution in [3.63, 3.8) is 0 Å². The summed E-state index contributed by atoms with van der Waals surface area (Å²) in [6.45, 7) is 4.13. The minimum Gasteiger partial charge on any atom is -0.484 e. The number of fused-ring (bicyclic) bond motifs is 1. The average molecular weight is 416 g/mol. The molecular formula is C22H26BrNO2. The Labute approximate surface area is 164 Å². The molecule has 1 aliphatic rings. The van der Waals surface area contributed by atoms with Gasteiger partial charge in [-0.3, -0.25) is 4.79 Å². The molecule has 26 heavy (non-hydrogen) atoms. The number of benzene rings is 2. The van der Waals surface area contributed by atoms with E-state index in [1.54, 1.807) is 0 Å². The fraction of sp³-hybridized carbons (Fsp3) is 0.409. The summed E-state index contributed by atoms with van der Waals surface area (Å²) in [7, 11) is 0. The molecule has 0 aliphatic heterocycles. The summed E-state index contributed by atoms with van der Waals surface area (Å²) in [4.78, 5) is 12.4. The van der Waals surface area contributed by atoms with E-state index in [4.69, 9.17) is 4.74 Å². The second-order valence-electron chi connectivity index (χ2n) is 6.96. The molecule has 1 aliphatic carbocycles. The molecule has 138 valence electrons. The van der Waals surface area contributed by atoms with E-state index < -0.39 is 0 Å². The van der Waals surface area contributed by atoms with Crippen LogP contribution in [-0.2, 0) is 17.6 Å². The molecule has 0 radical (unpaired) electrons. The van der Waals surface area contributed by atoms with Gasteiger partial charge in [0.05, 0.1) is 6.04 Å². The monoisotopic (exact) mass is 415 g/mol. The van der Waals surface area contributed by atoms with Crippen LogP contribution in [0.4, 0.5) is 0 Å². The van der Waals surface area contributed by atoms with Crippen LogP contribution in [0, 0.1) is 6.92 Å². The van der Waals surface area contributed by atoms with Gasteiger partial charge in [0.2, 0.25) is 0 Å². The van der Waals surface area contributed by atoms with Gasteiger partial charge in [-0.1, -0.05) is 41.1 Å². The zero-order chi connectivity index (χ0) is 18.5. The van der Waals surface area contributed by atoms with E-state index in [9.17, 15) is 4.79 Å². The zero-order valence-corrected chi connectivity index (χ0v) is 17.1. The third kappa shape index (κ3) is 4.67. The molecule has 1 amide bonds. The van der Waals surface area contributed by atoms with Crippen LogP contribution in [0.1, 0.15) is 54.5 Å². The first-order valence-corrected chi connectivity index (χ1v) is 10.2. The SMILES string of the molecule is CCC(NC(=O)COc1ccc(Br)c(C)c1)c1ccc2c(c1)CCCC2. The predicted molar refractivity (Wildman–Crippen MR) is 109 cm³/mol. The van der Waals surface area contributed by atoms with Crippen LogP contribution >= 0.6 is 15.9 Å². The molecule has 2 aromatic carbocycles. The van der Waals surface area contributed by atoms with Crippen LogP contribution in [-0.4, -0.2) is 12.5 Å². The largest absolute Gasteiger partial charge is 0.484 e. The second-order valence-corrected chi connectivity index (χ2v) is 7.82.